The molecule has 0 saturated heterocycles. The Balaban J connectivity index is 0. The van der Waals surface area contributed by atoms with Crippen molar-refractivity contribution in [1.82, 2.24) is 0 Å². The number of hydrogen-bond donors (Lipinski definition) is 3. The van der Waals surface area contributed by atoms with Gasteiger partial charge in [0.2, 0.25) is 0 Å². The lowest BCUT2D eigenvalue weighted by atomic mass is 9.46. The molecule has 0 radical (unpaired) electrons. The Bertz CT molecular complexity index is 2570. The number of phenolic OH excluding ortho intramolecular Hbond substituents is 3. The molecule has 0 aliphatic heterocycles. The molecule has 12 aliphatic carbocycles. The molecule has 580 valence electrons. The van der Waals surface area contributed by atoms with E-state index in [1.807, 2.05) is 71.0 Å². The van der Waals surface area contributed by atoms with Crippen LogP contribution in [0.25, 0.3) is 0 Å². The van der Waals surface area contributed by atoms with Gasteiger partial charge >= 0.3 is 17.9 Å². The van der Waals surface area contributed by atoms with Gasteiger partial charge in [0.25, 0.3) is 0 Å². The molecule has 4 atom stereocenters. The molecule has 12 bridgehead atoms. The number of aromatic hydroxyl groups is 3. The predicted octanol–water partition coefficient (Wildman–Crippen LogP) is 27.1. The molecule has 3 aromatic rings. The Labute approximate surface area is 618 Å². The minimum atomic E-state index is -0.336. The monoisotopic (exact) mass is 1400 g/mol. The van der Waals surface area contributed by atoms with E-state index in [1.54, 1.807) is 36.4 Å². The Hall–Kier alpha value is -4.53. The largest absolute Gasteiger partial charge is 0.508 e. The third-order valence-electron chi connectivity index (χ3n) is 26.2. The van der Waals surface area contributed by atoms with E-state index in [0.29, 0.717) is 58.7 Å². The van der Waals surface area contributed by atoms with Crippen LogP contribution >= 0.6 is 0 Å². The van der Waals surface area contributed by atoms with Crippen LogP contribution in [-0.2, 0) is 28.6 Å². The summed E-state index contributed by atoms with van der Waals surface area (Å²) in [6.07, 6.45) is 28.5. The molecule has 12 saturated carbocycles. The molecule has 100 heavy (non-hydrogen) atoms. The zero-order valence-electron chi connectivity index (χ0n) is 61.1. The lowest BCUT2D eigenvalue weighted by Gasteiger charge is -2.61. The summed E-state index contributed by atoms with van der Waals surface area (Å²) in [5.74, 6) is 11.9. The van der Waals surface area contributed by atoms with Crippen molar-refractivity contribution in [1.29, 1.82) is 0 Å². The number of carbonyl (C=O) groups excluding carboxylic acids is 3. The quantitative estimate of drug-likeness (QED) is 0.0890. The van der Waals surface area contributed by atoms with E-state index < -0.39 is 0 Å². The fraction of sp³-hybridized carbons (Fsp3) is 0.769. The molecule has 0 amide bonds. The average Bonchev–Trinajstić information content (AvgIpc) is 0.741. The Morgan fingerprint density at radius 3 is 0.940 bits per heavy atom. The summed E-state index contributed by atoms with van der Waals surface area (Å²) in [5, 5.41) is 27.0. The number of phenols is 3. The van der Waals surface area contributed by atoms with Crippen molar-refractivity contribution in [2.45, 2.75) is 366 Å². The van der Waals surface area contributed by atoms with Gasteiger partial charge in [-0.1, -0.05) is 172 Å². The van der Waals surface area contributed by atoms with Crippen molar-refractivity contribution in [3.63, 3.8) is 0 Å². The fourth-order valence-electron chi connectivity index (χ4n) is 18.6. The van der Waals surface area contributed by atoms with Crippen molar-refractivity contribution < 1.29 is 43.9 Å². The van der Waals surface area contributed by atoms with Crippen molar-refractivity contribution in [2.24, 2.45) is 87.3 Å². The minimum absolute atomic E-state index is 0. The first-order valence-electron chi connectivity index (χ1n) is 37.4. The van der Waals surface area contributed by atoms with E-state index in [2.05, 4.69) is 90.0 Å². The van der Waals surface area contributed by atoms with Gasteiger partial charge in [-0.15, -0.1) is 0 Å². The molecular formula is C91H162O9. The highest BCUT2D eigenvalue weighted by Gasteiger charge is 2.61. The van der Waals surface area contributed by atoms with Crippen LogP contribution in [0.1, 0.15) is 366 Å². The van der Waals surface area contributed by atoms with Gasteiger partial charge in [0.1, 0.15) is 34.1 Å². The van der Waals surface area contributed by atoms with Crippen LogP contribution in [0.4, 0.5) is 0 Å². The van der Waals surface area contributed by atoms with Crippen LogP contribution in [0.2, 0.25) is 0 Å². The van der Waals surface area contributed by atoms with Crippen molar-refractivity contribution in [3.8, 4) is 17.2 Å². The van der Waals surface area contributed by atoms with Crippen LogP contribution in [0.5, 0.6) is 17.2 Å². The molecule has 12 aliphatic rings. The molecule has 0 heterocycles. The summed E-state index contributed by atoms with van der Waals surface area (Å²) < 4.78 is 18.4. The maximum absolute atomic E-state index is 12.6. The number of ether oxygens (including phenoxy) is 3. The standard InChI is InChI=1S/2C18H30O2.C17H28O2.3C10H14O.8CH4/c1-5-12(2)16(19)20-17(3,4)18-9-13-6-14(10-18)8-15(7-13)11-18;1-5-17(3,4)16(19)20-18(6-2)14-8-12-7-13(10-14)11-15(18)9-12;1-5-16(2,3)15(18)19-17(4)13-7-11-6-12(9-13)10-14(17)8-11;3*1-3-8(2)9-4-6-10(11)7-5-9;;;;;;;;/h2*12-15H,5-11H2,1-4H3;11-14H,5-10H2,1-4H3;3*4-8,11H,3H2,1-2H3;8*1H4. The Kier molecular flexibility index (Phi) is 40.2. The molecular weight excluding hydrogens is 1240 g/mol. The molecule has 3 aromatic carbocycles. The molecule has 3 N–H and O–H groups in total. The summed E-state index contributed by atoms with van der Waals surface area (Å²) in [6.45, 7) is 38.1. The van der Waals surface area contributed by atoms with Gasteiger partial charge < -0.3 is 29.5 Å². The van der Waals surface area contributed by atoms with Crippen LogP contribution in [0.15, 0.2) is 72.8 Å². The highest BCUT2D eigenvalue weighted by molar-refractivity contribution is 5.77. The van der Waals surface area contributed by atoms with E-state index in [9.17, 15) is 14.4 Å². The first kappa shape index (κ1) is 97.5. The second kappa shape index (κ2) is 41.2. The number of carbonyl (C=O) groups is 3. The maximum atomic E-state index is 12.6. The molecule has 15 rings (SSSR count). The summed E-state index contributed by atoms with van der Waals surface area (Å²) in [5.41, 5.74) is 2.90. The van der Waals surface area contributed by atoms with Gasteiger partial charge in [-0.2, -0.15) is 0 Å². The topological polar surface area (TPSA) is 140 Å². The van der Waals surface area contributed by atoms with E-state index in [1.165, 1.54) is 119 Å². The van der Waals surface area contributed by atoms with E-state index in [-0.39, 0.29) is 116 Å². The lowest BCUT2D eigenvalue weighted by Crippen LogP contribution is -2.60. The van der Waals surface area contributed by atoms with Gasteiger partial charge in [0.15, 0.2) is 0 Å². The van der Waals surface area contributed by atoms with Crippen molar-refractivity contribution >= 4 is 17.9 Å². The number of rotatable bonds is 17. The Morgan fingerprint density at radius 2 is 0.680 bits per heavy atom. The van der Waals surface area contributed by atoms with Gasteiger partial charge in [-0.25, -0.2) is 0 Å². The van der Waals surface area contributed by atoms with Gasteiger partial charge in [-0.05, 0) is 332 Å². The molecule has 9 heteroatoms. The molecule has 4 unspecified atom stereocenters. The number of esters is 3. The predicted molar refractivity (Wildman–Crippen MR) is 430 cm³/mol. The van der Waals surface area contributed by atoms with Gasteiger partial charge in [-0.3, -0.25) is 14.4 Å². The summed E-state index contributed by atoms with van der Waals surface area (Å²) in [4.78, 5) is 37.4. The maximum Gasteiger partial charge on any atom is 0.312 e. The molecule has 9 nitrogen and oxygen atoms in total. The third kappa shape index (κ3) is 23.2. The normalized spacial score (nSPS) is 29.4. The zero-order valence-corrected chi connectivity index (χ0v) is 61.1. The number of hydrogen-bond acceptors (Lipinski definition) is 9. The minimum Gasteiger partial charge on any atom is -0.508 e. The zero-order chi connectivity index (χ0) is 67.7. The fourth-order valence-corrected chi connectivity index (χ4v) is 18.6. The highest BCUT2D eigenvalue weighted by Crippen LogP contribution is 2.65. The number of benzene rings is 3. The summed E-state index contributed by atoms with van der Waals surface area (Å²) in [7, 11) is 0. The van der Waals surface area contributed by atoms with Crippen LogP contribution in [-0.4, -0.2) is 50.0 Å². The van der Waals surface area contributed by atoms with Crippen molar-refractivity contribution in [2.75, 3.05) is 0 Å². The Morgan fingerprint density at radius 1 is 0.410 bits per heavy atom. The smallest absolute Gasteiger partial charge is 0.312 e. The van der Waals surface area contributed by atoms with E-state index in [4.69, 9.17) is 29.5 Å². The SMILES string of the molecule is C.C.C.C.C.C.C.C.CCC(C)(C)C(=O)OC1(C)C2CC3CC(C2)CC1C3.CCC(C)(C)C(=O)OC1(CC)C2CC3CC(C2)CC1C3.CCC(C)C(=O)OC(C)(C)C12CC3CC(CC(C3)C1)C2.CCC(C)c1ccc(O)cc1.CCC(C)c1ccc(O)cc1.CCC(C)c1ccc(O)cc1. The first-order chi connectivity index (χ1) is 43.3. The highest BCUT2D eigenvalue weighted by atomic mass is 16.6. The van der Waals surface area contributed by atoms with Crippen LogP contribution in [0.3, 0.4) is 0 Å². The van der Waals surface area contributed by atoms with Gasteiger partial charge in [0, 0.05) is 5.41 Å². The van der Waals surface area contributed by atoms with Crippen LogP contribution < -0.4 is 0 Å². The van der Waals surface area contributed by atoms with E-state index in [0.717, 1.165) is 86.4 Å². The second-order valence-corrected chi connectivity index (χ2v) is 33.5. The van der Waals surface area contributed by atoms with Crippen molar-refractivity contribution in [3.05, 3.63) is 89.5 Å². The van der Waals surface area contributed by atoms with Gasteiger partial charge in [0.05, 0.1) is 16.7 Å². The average molecular weight is 1400 g/mol. The first-order valence-corrected chi connectivity index (χ1v) is 37.4. The lowest BCUT2D eigenvalue weighted by molar-refractivity contribution is -0.218. The summed E-state index contributed by atoms with van der Waals surface area (Å²) in [6, 6.07) is 22.3. The molecule has 0 spiro atoms. The summed E-state index contributed by atoms with van der Waals surface area (Å²) >= 11 is 0. The van der Waals surface area contributed by atoms with E-state index >= 15 is 0 Å². The third-order valence-corrected chi connectivity index (χ3v) is 26.2. The second-order valence-electron chi connectivity index (χ2n) is 33.5. The molecule has 12 fully saturated rings. The molecule has 0 aromatic heterocycles. The van der Waals surface area contributed by atoms with Crippen LogP contribution in [0, 0.1) is 87.3 Å².